The van der Waals surface area contributed by atoms with Gasteiger partial charge in [-0.05, 0) is 25.7 Å². The number of carbonyl (C=O) groups is 1. The Morgan fingerprint density at radius 1 is 1.45 bits per heavy atom. The lowest BCUT2D eigenvalue weighted by molar-refractivity contribution is -0.128. The van der Waals surface area contributed by atoms with E-state index in [1.807, 2.05) is 6.92 Å². The van der Waals surface area contributed by atoms with Crippen molar-refractivity contribution in [2.45, 2.75) is 38.6 Å². The van der Waals surface area contributed by atoms with Crippen molar-refractivity contribution in [2.24, 2.45) is 16.9 Å². The van der Waals surface area contributed by atoms with Crippen molar-refractivity contribution in [1.82, 2.24) is 0 Å². The van der Waals surface area contributed by atoms with Crippen molar-refractivity contribution in [2.75, 3.05) is 0 Å². The maximum atomic E-state index is 11.0. The number of amides is 1. The maximum absolute atomic E-state index is 11.0. The van der Waals surface area contributed by atoms with E-state index in [0.29, 0.717) is 0 Å². The van der Waals surface area contributed by atoms with Crippen LogP contribution in [0.1, 0.15) is 32.6 Å². The van der Waals surface area contributed by atoms with Gasteiger partial charge in [0.1, 0.15) is 0 Å². The minimum absolute atomic E-state index is 0.176. The van der Waals surface area contributed by atoms with Crippen LogP contribution in [0.25, 0.3) is 0 Å². The smallest absolute Gasteiger partial charge is 0.223 e. The molecule has 1 aliphatic rings. The number of nitrogens with two attached hydrogens (primary N) is 2. The first-order valence-corrected chi connectivity index (χ1v) is 4.10. The van der Waals surface area contributed by atoms with Crippen LogP contribution < -0.4 is 11.5 Å². The molecular formula is C8H16N2O. The van der Waals surface area contributed by atoms with Crippen LogP contribution in [0.3, 0.4) is 0 Å². The highest BCUT2D eigenvalue weighted by molar-refractivity contribution is 5.80. The van der Waals surface area contributed by atoms with E-state index in [-0.39, 0.29) is 17.4 Å². The van der Waals surface area contributed by atoms with Crippen LogP contribution in [0.5, 0.6) is 0 Å². The summed E-state index contributed by atoms with van der Waals surface area (Å²) in [6, 6.07) is 0.280. The monoisotopic (exact) mass is 156 g/mol. The Morgan fingerprint density at radius 3 is 2.27 bits per heavy atom. The van der Waals surface area contributed by atoms with Gasteiger partial charge in [-0.2, -0.15) is 0 Å². The van der Waals surface area contributed by atoms with E-state index in [0.717, 1.165) is 25.7 Å². The third-order valence-corrected chi connectivity index (χ3v) is 2.73. The van der Waals surface area contributed by atoms with Crippen molar-refractivity contribution >= 4 is 5.91 Å². The van der Waals surface area contributed by atoms with Gasteiger partial charge in [0, 0.05) is 11.5 Å². The molecule has 0 atom stereocenters. The molecule has 64 valence electrons. The summed E-state index contributed by atoms with van der Waals surface area (Å²) in [4.78, 5) is 11.0. The molecule has 4 N–H and O–H groups in total. The lowest BCUT2D eigenvalue weighted by atomic mass is 9.74. The highest BCUT2D eigenvalue weighted by Crippen LogP contribution is 2.34. The van der Waals surface area contributed by atoms with Crippen molar-refractivity contribution in [3.05, 3.63) is 0 Å². The van der Waals surface area contributed by atoms with E-state index in [1.54, 1.807) is 0 Å². The highest BCUT2D eigenvalue weighted by atomic mass is 16.1. The van der Waals surface area contributed by atoms with E-state index in [2.05, 4.69) is 0 Å². The molecule has 0 bridgehead atoms. The second-order valence-electron chi connectivity index (χ2n) is 3.76. The molecule has 0 aliphatic heterocycles. The fourth-order valence-corrected chi connectivity index (χ4v) is 1.52. The van der Waals surface area contributed by atoms with Gasteiger partial charge in [0.2, 0.25) is 5.91 Å². The van der Waals surface area contributed by atoms with Gasteiger partial charge in [-0.1, -0.05) is 6.92 Å². The molecule has 0 aromatic rings. The molecular weight excluding hydrogens is 140 g/mol. The van der Waals surface area contributed by atoms with Crippen LogP contribution in [0.2, 0.25) is 0 Å². The summed E-state index contributed by atoms with van der Waals surface area (Å²) in [5, 5.41) is 0. The number of carbonyl (C=O) groups excluding carboxylic acids is 1. The third kappa shape index (κ3) is 1.71. The SMILES string of the molecule is CC1(C(N)=O)CCC(N)CC1. The summed E-state index contributed by atoms with van der Waals surface area (Å²) in [7, 11) is 0. The lowest BCUT2D eigenvalue weighted by Crippen LogP contribution is -2.40. The zero-order valence-corrected chi connectivity index (χ0v) is 6.97. The van der Waals surface area contributed by atoms with E-state index < -0.39 is 0 Å². The standard InChI is InChI=1S/C8H16N2O/c1-8(7(10)11)4-2-6(9)3-5-8/h6H,2-5,9H2,1H3,(H2,10,11). The zero-order valence-electron chi connectivity index (χ0n) is 6.97. The van der Waals surface area contributed by atoms with Crippen LogP contribution in [0.15, 0.2) is 0 Å². The number of primary amides is 1. The van der Waals surface area contributed by atoms with Crippen LogP contribution in [0, 0.1) is 5.41 Å². The molecule has 1 aliphatic carbocycles. The highest BCUT2D eigenvalue weighted by Gasteiger charge is 2.34. The molecule has 1 amide bonds. The van der Waals surface area contributed by atoms with Crippen molar-refractivity contribution < 1.29 is 4.79 Å². The molecule has 0 heterocycles. The minimum Gasteiger partial charge on any atom is -0.369 e. The Hall–Kier alpha value is -0.570. The lowest BCUT2D eigenvalue weighted by Gasteiger charge is -2.33. The molecule has 0 aromatic carbocycles. The quantitative estimate of drug-likeness (QED) is 0.576. The molecule has 1 fully saturated rings. The molecule has 0 spiro atoms. The predicted molar refractivity (Wildman–Crippen MR) is 43.7 cm³/mol. The molecule has 0 radical (unpaired) electrons. The zero-order chi connectivity index (χ0) is 8.48. The number of rotatable bonds is 1. The largest absolute Gasteiger partial charge is 0.369 e. The average Bonchev–Trinajstić information content (AvgIpc) is 1.95. The van der Waals surface area contributed by atoms with Crippen LogP contribution in [-0.4, -0.2) is 11.9 Å². The van der Waals surface area contributed by atoms with Gasteiger partial charge in [-0.15, -0.1) is 0 Å². The summed E-state index contributed by atoms with van der Waals surface area (Å²) in [5.74, 6) is -0.176. The van der Waals surface area contributed by atoms with Gasteiger partial charge in [0.15, 0.2) is 0 Å². The number of hydrogen-bond acceptors (Lipinski definition) is 2. The fourth-order valence-electron chi connectivity index (χ4n) is 1.52. The Kier molecular flexibility index (Phi) is 2.18. The summed E-state index contributed by atoms with van der Waals surface area (Å²) < 4.78 is 0. The second kappa shape index (κ2) is 2.81. The van der Waals surface area contributed by atoms with E-state index in [1.165, 1.54) is 0 Å². The average molecular weight is 156 g/mol. The van der Waals surface area contributed by atoms with Crippen LogP contribution in [0.4, 0.5) is 0 Å². The van der Waals surface area contributed by atoms with Crippen molar-refractivity contribution in [1.29, 1.82) is 0 Å². The van der Waals surface area contributed by atoms with Crippen LogP contribution in [-0.2, 0) is 4.79 Å². The Morgan fingerprint density at radius 2 is 1.91 bits per heavy atom. The van der Waals surface area contributed by atoms with E-state index >= 15 is 0 Å². The Labute approximate surface area is 67.1 Å². The van der Waals surface area contributed by atoms with Crippen molar-refractivity contribution in [3.63, 3.8) is 0 Å². The fraction of sp³-hybridized carbons (Fsp3) is 0.875. The first-order chi connectivity index (χ1) is 5.04. The first kappa shape index (κ1) is 8.53. The molecule has 0 saturated heterocycles. The van der Waals surface area contributed by atoms with Gasteiger partial charge in [-0.25, -0.2) is 0 Å². The second-order valence-corrected chi connectivity index (χ2v) is 3.76. The maximum Gasteiger partial charge on any atom is 0.223 e. The van der Waals surface area contributed by atoms with Gasteiger partial charge in [0.05, 0.1) is 0 Å². The van der Waals surface area contributed by atoms with Gasteiger partial charge in [-0.3, -0.25) is 4.79 Å². The molecule has 0 unspecified atom stereocenters. The van der Waals surface area contributed by atoms with Gasteiger partial charge in [0.25, 0.3) is 0 Å². The van der Waals surface area contributed by atoms with E-state index in [9.17, 15) is 4.79 Å². The minimum atomic E-state index is -0.282. The summed E-state index contributed by atoms with van der Waals surface area (Å²) in [6.45, 7) is 1.93. The predicted octanol–water partition coefficient (Wildman–Crippen LogP) is 0.379. The summed E-state index contributed by atoms with van der Waals surface area (Å²) in [5.41, 5.74) is 10.7. The van der Waals surface area contributed by atoms with Gasteiger partial charge < -0.3 is 11.5 Å². The third-order valence-electron chi connectivity index (χ3n) is 2.73. The Bertz CT molecular complexity index is 159. The summed E-state index contributed by atoms with van der Waals surface area (Å²) >= 11 is 0. The molecule has 1 saturated carbocycles. The first-order valence-electron chi connectivity index (χ1n) is 4.10. The Balaban J connectivity index is 2.55. The molecule has 3 nitrogen and oxygen atoms in total. The molecule has 1 rings (SSSR count). The number of hydrogen-bond donors (Lipinski definition) is 2. The molecule has 11 heavy (non-hydrogen) atoms. The molecule has 3 heteroatoms. The molecule has 0 aromatic heterocycles. The van der Waals surface area contributed by atoms with E-state index in [4.69, 9.17) is 11.5 Å². The van der Waals surface area contributed by atoms with Crippen LogP contribution >= 0.6 is 0 Å². The van der Waals surface area contributed by atoms with Gasteiger partial charge >= 0.3 is 0 Å². The summed E-state index contributed by atoms with van der Waals surface area (Å²) in [6.07, 6.45) is 3.56. The van der Waals surface area contributed by atoms with Crippen molar-refractivity contribution in [3.8, 4) is 0 Å². The normalized spacial score (nSPS) is 38.5. The topological polar surface area (TPSA) is 69.1 Å².